The van der Waals surface area contributed by atoms with Crippen molar-refractivity contribution in [3.8, 4) is 22.6 Å². The monoisotopic (exact) mass is 544 g/mol. The molecule has 9 heteroatoms. The summed E-state index contributed by atoms with van der Waals surface area (Å²) in [6.07, 6.45) is 8.87. The van der Waals surface area contributed by atoms with Crippen LogP contribution in [-0.2, 0) is 16.8 Å². The Balaban J connectivity index is 0.000000570. The van der Waals surface area contributed by atoms with Crippen LogP contribution in [0.25, 0.3) is 33.8 Å². The summed E-state index contributed by atoms with van der Waals surface area (Å²) < 4.78 is 2.03. The lowest BCUT2D eigenvalue weighted by Crippen LogP contribution is -2.32. The average molecular weight is 545 g/mol. The first-order valence-corrected chi connectivity index (χ1v) is 14.4. The largest absolute Gasteiger partial charge is 0.310 e. The molecule has 214 valence electrons. The van der Waals surface area contributed by atoms with Gasteiger partial charge < -0.3 is 9.88 Å². The molecular formula is C31H44N8O. The highest BCUT2D eigenvalue weighted by Gasteiger charge is 2.44. The van der Waals surface area contributed by atoms with Crippen LogP contribution in [0.5, 0.6) is 0 Å². The third-order valence-corrected chi connectivity index (χ3v) is 7.01. The normalized spacial score (nSPS) is 15.8. The van der Waals surface area contributed by atoms with Gasteiger partial charge in [0.15, 0.2) is 5.65 Å². The molecule has 0 fully saturated rings. The second kappa shape index (κ2) is 13.1. The van der Waals surface area contributed by atoms with Crippen LogP contribution in [0, 0.1) is 18.8 Å². The van der Waals surface area contributed by atoms with Crippen LogP contribution in [0.3, 0.4) is 0 Å². The van der Waals surface area contributed by atoms with Crippen LogP contribution in [0.1, 0.15) is 86.5 Å². The van der Waals surface area contributed by atoms with Gasteiger partial charge in [-0.3, -0.25) is 4.79 Å². The molecule has 9 nitrogen and oxygen atoms in total. The summed E-state index contributed by atoms with van der Waals surface area (Å²) in [6, 6.07) is 2.02. The van der Waals surface area contributed by atoms with Crippen LogP contribution in [0.2, 0.25) is 0 Å². The molecule has 0 aromatic carbocycles. The molecule has 4 aromatic rings. The Labute approximate surface area is 238 Å². The number of nitrogens with one attached hydrogen (secondary N) is 1. The standard InChI is InChI=1S/C24H26N8O.C5H12.C2H6/c1-6-32-21(16-10-25-14(4)26-11-16)30-19-18(28-12-29-22(19)32)15-7-17-20(27-9-15)31-23(33)24(17,5)8-13(2)3;1-4-5(2)3;1-2/h7,9-13H,6,8H2,1-5H3,(H,27,31,33);5H,4H2,1-3H3;1-2H3. The molecule has 0 radical (unpaired) electrons. The number of carbonyl (C=O) groups excluding carboxylic acids is 1. The maximum absolute atomic E-state index is 12.8. The summed E-state index contributed by atoms with van der Waals surface area (Å²) in [5.74, 6) is 3.30. The molecule has 4 aromatic heterocycles. The van der Waals surface area contributed by atoms with E-state index in [0.717, 1.165) is 40.5 Å². The number of fused-ring (bicyclic) bond motifs is 2. The third-order valence-electron chi connectivity index (χ3n) is 7.01. The topological polar surface area (TPSA) is 111 Å². The molecule has 0 saturated carbocycles. The molecule has 1 aliphatic heterocycles. The van der Waals surface area contributed by atoms with E-state index < -0.39 is 5.41 Å². The highest BCUT2D eigenvalue weighted by Crippen LogP contribution is 2.42. The van der Waals surface area contributed by atoms with Crippen molar-refractivity contribution in [2.45, 2.75) is 94.0 Å². The number of rotatable bonds is 6. The van der Waals surface area contributed by atoms with Gasteiger partial charge in [0.05, 0.1) is 11.0 Å². The van der Waals surface area contributed by atoms with Crippen LogP contribution in [0.4, 0.5) is 5.82 Å². The molecule has 5 rings (SSSR count). The Bertz CT molecular complexity index is 1440. The van der Waals surface area contributed by atoms with Crippen molar-refractivity contribution in [3.63, 3.8) is 0 Å². The molecular weight excluding hydrogens is 500 g/mol. The number of hydrogen-bond donors (Lipinski definition) is 1. The molecule has 0 bridgehead atoms. The number of aryl methyl sites for hydroxylation is 2. The van der Waals surface area contributed by atoms with Crippen molar-refractivity contribution in [1.29, 1.82) is 0 Å². The zero-order chi connectivity index (χ0) is 29.6. The van der Waals surface area contributed by atoms with Crippen molar-refractivity contribution in [2.24, 2.45) is 11.8 Å². The minimum atomic E-state index is -0.633. The molecule has 40 heavy (non-hydrogen) atoms. The van der Waals surface area contributed by atoms with E-state index in [1.165, 1.54) is 6.42 Å². The molecule has 1 N–H and O–H groups in total. The molecule has 1 amide bonds. The summed E-state index contributed by atoms with van der Waals surface area (Å²) in [7, 11) is 0. The lowest BCUT2D eigenvalue weighted by molar-refractivity contribution is -0.120. The van der Waals surface area contributed by atoms with Crippen LogP contribution < -0.4 is 5.32 Å². The Kier molecular flexibility index (Phi) is 10.1. The van der Waals surface area contributed by atoms with Gasteiger partial charge >= 0.3 is 0 Å². The lowest BCUT2D eigenvalue weighted by atomic mass is 9.77. The molecule has 1 aliphatic rings. The third kappa shape index (κ3) is 6.18. The van der Waals surface area contributed by atoms with Crippen molar-refractivity contribution in [1.82, 2.24) is 34.5 Å². The molecule has 0 saturated heterocycles. The Morgan fingerprint density at radius 1 is 0.925 bits per heavy atom. The zero-order valence-electron chi connectivity index (χ0n) is 25.7. The van der Waals surface area contributed by atoms with Gasteiger partial charge in [0, 0.05) is 36.3 Å². The van der Waals surface area contributed by atoms with Crippen molar-refractivity contribution >= 4 is 22.9 Å². The van der Waals surface area contributed by atoms with E-state index in [1.807, 2.05) is 45.3 Å². The SMILES string of the molecule is CC.CCC(C)C.CCn1c(-c2cnc(C)nc2)nc2c(-c3cnc4c(c3)C(C)(CC(C)C)C(=O)N4)ncnc21. The number of nitrogens with zero attached hydrogens (tertiary/aromatic N) is 7. The van der Waals surface area contributed by atoms with Gasteiger partial charge in [-0.25, -0.2) is 29.9 Å². The van der Waals surface area contributed by atoms with Crippen molar-refractivity contribution < 1.29 is 4.79 Å². The van der Waals surface area contributed by atoms with Crippen molar-refractivity contribution in [2.75, 3.05) is 5.32 Å². The van der Waals surface area contributed by atoms with Crippen LogP contribution >= 0.6 is 0 Å². The minimum absolute atomic E-state index is 0.0133. The fourth-order valence-electron chi connectivity index (χ4n) is 4.68. The second-order valence-corrected chi connectivity index (χ2v) is 10.9. The Hall–Kier alpha value is -3.75. The van der Waals surface area contributed by atoms with E-state index in [4.69, 9.17) is 4.98 Å². The predicted molar refractivity (Wildman–Crippen MR) is 162 cm³/mol. The molecule has 0 aliphatic carbocycles. The molecule has 1 unspecified atom stereocenters. The second-order valence-electron chi connectivity index (χ2n) is 10.9. The van der Waals surface area contributed by atoms with E-state index in [-0.39, 0.29) is 5.91 Å². The first-order valence-electron chi connectivity index (χ1n) is 14.4. The fraction of sp³-hybridized carbons (Fsp3) is 0.516. The number of amides is 1. The zero-order valence-corrected chi connectivity index (χ0v) is 25.7. The maximum Gasteiger partial charge on any atom is 0.236 e. The summed E-state index contributed by atoms with van der Waals surface area (Å²) in [5, 5.41) is 2.94. The van der Waals surface area contributed by atoms with E-state index in [9.17, 15) is 4.79 Å². The quantitative estimate of drug-likeness (QED) is 0.278. The lowest BCUT2D eigenvalue weighted by Gasteiger charge is -2.24. The Morgan fingerprint density at radius 3 is 2.12 bits per heavy atom. The first kappa shape index (κ1) is 30.8. The van der Waals surface area contributed by atoms with Crippen LogP contribution in [0.15, 0.2) is 31.0 Å². The highest BCUT2D eigenvalue weighted by atomic mass is 16.2. The van der Waals surface area contributed by atoms with E-state index in [0.29, 0.717) is 35.3 Å². The average Bonchev–Trinajstić information content (AvgIpc) is 3.44. The van der Waals surface area contributed by atoms with Crippen LogP contribution in [-0.4, -0.2) is 40.4 Å². The van der Waals surface area contributed by atoms with Gasteiger partial charge in [0.25, 0.3) is 0 Å². The fourth-order valence-corrected chi connectivity index (χ4v) is 4.68. The number of aromatic nitrogens is 7. The summed E-state index contributed by atoms with van der Waals surface area (Å²) in [6.45, 7) is 21.5. The number of anilines is 1. The number of carbonyl (C=O) groups is 1. The van der Waals surface area contributed by atoms with Gasteiger partial charge in [-0.1, -0.05) is 54.9 Å². The smallest absolute Gasteiger partial charge is 0.236 e. The Morgan fingerprint density at radius 2 is 1.55 bits per heavy atom. The van der Waals surface area contributed by atoms with E-state index in [1.54, 1.807) is 24.9 Å². The predicted octanol–water partition coefficient (Wildman–Crippen LogP) is 7.01. The first-order chi connectivity index (χ1) is 19.1. The van der Waals surface area contributed by atoms with Gasteiger partial charge in [0.2, 0.25) is 5.91 Å². The number of pyridine rings is 1. The summed E-state index contributed by atoms with van der Waals surface area (Å²) in [5.41, 5.74) is 3.98. The maximum atomic E-state index is 12.8. The van der Waals surface area contributed by atoms with Gasteiger partial charge in [-0.15, -0.1) is 0 Å². The minimum Gasteiger partial charge on any atom is -0.310 e. The highest BCUT2D eigenvalue weighted by molar-refractivity contribution is 6.05. The molecule has 0 spiro atoms. The number of hydrogen-bond acceptors (Lipinski definition) is 7. The van der Waals surface area contributed by atoms with Gasteiger partial charge in [-0.05, 0) is 45.1 Å². The molecule has 1 atom stereocenters. The summed E-state index contributed by atoms with van der Waals surface area (Å²) in [4.78, 5) is 40.0. The number of imidazole rings is 1. The molecule has 5 heterocycles. The van der Waals surface area contributed by atoms with Gasteiger partial charge in [0.1, 0.15) is 35.0 Å². The van der Waals surface area contributed by atoms with Crippen molar-refractivity contribution in [3.05, 3.63) is 42.4 Å². The van der Waals surface area contributed by atoms with Gasteiger partial charge in [-0.2, -0.15) is 0 Å². The van der Waals surface area contributed by atoms with E-state index >= 15 is 0 Å². The summed E-state index contributed by atoms with van der Waals surface area (Å²) >= 11 is 0. The van der Waals surface area contributed by atoms with E-state index in [2.05, 4.69) is 64.9 Å².